The molecular formula is C24H34. The molecule has 0 radical (unpaired) electrons. The SMILES string of the molecule is C=C1CC[C@@]2(C)C(C)[C@]3(CC)Cc4ccc(C)c(C)c4[C@@]2(C3)[C@H]1C. The zero-order valence-electron chi connectivity index (χ0n) is 16.6. The third-order valence-corrected chi connectivity index (χ3v) is 9.36. The Morgan fingerprint density at radius 2 is 1.92 bits per heavy atom. The summed E-state index contributed by atoms with van der Waals surface area (Å²) in [7, 11) is 0. The average Bonchev–Trinajstić information content (AvgIpc) is 2.73. The minimum Gasteiger partial charge on any atom is -0.0996 e. The Morgan fingerprint density at radius 3 is 2.58 bits per heavy atom. The Morgan fingerprint density at radius 1 is 1.21 bits per heavy atom. The molecule has 2 fully saturated rings. The van der Waals surface area contributed by atoms with E-state index in [2.05, 4.69) is 60.3 Å². The van der Waals surface area contributed by atoms with E-state index < -0.39 is 0 Å². The molecule has 0 nitrogen and oxygen atoms in total. The summed E-state index contributed by atoms with van der Waals surface area (Å²) < 4.78 is 0. The summed E-state index contributed by atoms with van der Waals surface area (Å²) in [5.41, 5.74) is 9.13. The van der Waals surface area contributed by atoms with Gasteiger partial charge in [0.25, 0.3) is 0 Å². The van der Waals surface area contributed by atoms with E-state index in [0.717, 1.165) is 5.92 Å². The molecule has 2 bridgehead atoms. The van der Waals surface area contributed by atoms with E-state index in [1.807, 2.05) is 0 Å². The molecule has 3 aliphatic rings. The summed E-state index contributed by atoms with van der Waals surface area (Å²) in [5, 5.41) is 0. The normalized spacial score (nSPS) is 43.5. The predicted molar refractivity (Wildman–Crippen MR) is 103 cm³/mol. The molecule has 0 aromatic heterocycles. The molecule has 5 atom stereocenters. The van der Waals surface area contributed by atoms with Crippen LogP contribution in [-0.4, -0.2) is 0 Å². The third kappa shape index (κ3) is 1.57. The zero-order valence-corrected chi connectivity index (χ0v) is 16.6. The van der Waals surface area contributed by atoms with Crippen LogP contribution in [-0.2, 0) is 11.8 Å². The molecule has 0 aliphatic heterocycles. The van der Waals surface area contributed by atoms with Gasteiger partial charge < -0.3 is 0 Å². The third-order valence-electron chi connectivity index (χ3n) is 9.36. The summed E-state index contributed by atoms with van der Waals surface area (Å²) in [4.78, 5) is 0. The van der Waals surface area contributed by atoms with E-state index in [-0.39, 0.29) is 0 Å². The number of allylic oxidation sites excluding steroid dienone is 1. The Bertz CT molecular complexity index is 726. The highest BCUT2D eigenvalue weighted by molar-refractivity contribution is 5.53. The van der Waals surface area contributed by atoms with Crippen LogP contribution in [0.15, 0.2) is 24.3 Å². The Balaban J connectivity index is 2.10. The summed E-state index contributed by atoms with van der Waals surface area (Å²) in [6.45, 7) is 19.4. The Kier molecular flexibility index (Phi) is 3.27. The van der Waals surface area contributed by atoms with Crippen molar-refractivity contribution in [2.24, 2.45) is 22.7 Å². The first-order chi connectivity index (χ1) is 11.2. The fourth-order valence-corrected chi connectivity index (χ4v) is 7.43. The van der Waals surface area contributed by atoms with Gasteiger partial charge in [-0.2, -0.15) is 0 Å². The van der Waals surface area contributed by atoms with Gasteiger partial charge in [-0.25, -0.2) is 0 Å². The Hall–Kier alpha value is -1.04. The smallest absolute Gasteiger partial charge is 0.00831 e. The van der Waals surface area contributed by atoms with Gasteiger partial charge in [-0.15, -0.1) is 0 Å². The fraction of sp³-hybridized carbons (Fsp3) is 0.667. The molecule has 0 amide bonds. The lowest BCUT2D eigenvalue weighted by Crippen LogP contribution is -2.51. The molecule has 2 saturated carbocycles. The van der Waals surface area contributed by atoms with Crippen molar-refractivity contribution in [3.8, 4) is 0 Å². The van der Waals surface area contributed by atoms with Crippen LogP contribution in [0.4, 0.5) is 0 Å². The van der Waals surface area contributed by atoms with Crippen molar-refractivity contribution >= 4 is 0 Å². The second kappa shape index (κ2) is 4.77. The van der Waals surface area contributed by atoms with Crippen LogP contribution in [0.5, 0.6) is 0 Å². The summed E-state index contributed by atoms with van der Waals surface area (Å²) in [6.07, 6.45) is 6.54. The maximum atomic E-state index is 4.53. The lowest BCUT2D eigenvalue weighted by molar-refractivity contribution is 0.0503. The minimum atomic E-state index is 0.307. The first-order valence-electron chi connectivity index (χ1n) is 10.0. The van der Waals surface area contributed by atoms with Crippen molar-refractivity contribution in [2.75, 3.05) is 0 Å². The van der Waals surface area contributed by atoms with E-state index >= 15 is 0 Å². The zero-order chi connectivity index (χ0) is 17.5. The molecule has 0 heteroatoms. The molecule has 0 heterocycles. The van der Waals surface area contributed by atoms with Crippen LogP contribution in [0.1, 0.15) is 75.6 Å². The van der Waals surface area contributed by atoms with Crippen LogP contribution in [0.3, 0.4) is 0 Å². The van der Waals surface area contributed by atoms with Crippen LogP contribution in [0.2, 0.25) is 0 Å². The van der Waals surface area contributed by atoms with Crippen LogP contribution in [0, 0.1) is 36.5 Å². The number of benzene rings is 1. The monoisotopic (exact) mass is 322 g/mol. The number of hydrogen-bond donors (Lipinski definition) is 0. The van der Waals surface area contributed by atoms with E-state index in [9.17, 15) is 0 Å². The lowest BCUT2D eigenvalue weighted by atomic mass is 9.48. The number of fused-ring (bicyclic) bond motifs is 2. The van der Waals surface area contributed by atoms with Gasteiger partial charge in [0.15, 0.2) is 0 Å². The van der Waals surface area contributed by atoms with Gasteiger partial charge in [0.2, 0.25) is 0 Å². The van der Waals surface area contributed by atoms with Crippen molar-refractivity contribution in [1.29, 1.82) is 0 Å². The highest BCUT2D eigenvalue weighted by Crippen LogP contribution is 2.76. The van der Waals surface area contributed by atoms with Crippen molar-refractivity contribution in [1.82, 2.24) is 0 Å². The minimum absolute atomic E-state index is 0.307. The standard InChI is InChI=1S/C24H34/c1-8-23-13-20-10-9-15(2)17(4)21(20)24(14-23)18(5)16(3)11-12-22(24,7)19(23)6/h9-10,18-19H,3,8,11-14H2,1-2,4-7H3/t18-,19?,22-,23+,24+/m0/s1. The van der Waals surface area contributed by atoms with Crippen LogP contribution >= 0.6 is 0 Å². The van der Waals surface area contributed by atoms with Gasteiger partial charge in [0.1, 0.15) is 0 Å². The maximum absolute atomic E-state index is 4.53. The molecule has 4 rings (SSSR count). The molecule has 1 aromatic rings. The molecule has 24 heavy (non-hydrogen) atoms. The average molecular weight is 323 g/mol. The predicted octanol–water partition coefficient (Wildman–Crippen LogP) is 6.53. The molecule has 0 N–H and O–H groups in total. The van der Waals surface area contributed by atoms with E-state index in [1.54, 1.807) is 16.7 Å². The van der Waals surface area contributed by atoms with Gasteiger partial charge in [0.05, 0.1) is 0 Å². The highest BCUT2D eigenvalue weighted by atomic mass is 14.7. The summed E-state index contributed by atoms with van der Waals surface area (Å²) >= 11 is 0. The fourth-order valence-electron chi connectivity index (χ4n) is 7.43. The van der Waals surface area contributed by atoms with Gasteiger partial charge in [-0.1, -0.05) is 52.0 Å². The summed E-state index contributed by atoms with van der Waals surface area (Å²) in [6, 6.07) is 4.83. The molecule has 130 valence electrons. The van der Waals surface area contributed by atoms with Gasteiger partial charge in [-0.3, -0.25) is 0 Å². The van der Waals surface area contributed by atoms with Crippen molar-refractivity contribution < 1.29 is 0 Å². The van der Waals surface area contributed by atoms with Crippen molar-refractivity contribution in [3.05, 3.63) is 46.5 Å². The van der Waals surface area contributed by atoms with Crippen molar-refractivity contribution in [2.45, 2.75) is 79.1 Å². The topological polar surface area (TPSA) is 0 Å². The molecule has 1 unspecified atom stereocenters. The highest BCUT2D eigenvalue weighted by Gasteiger charge is 2.70. The quantitative estimate of drug-likeness (QED) is 0.516. The molecule has 3 aliphatic carbocycles. The molecule has 1 spiro atoms. The molecule has 1 aromatic carbocycles. The number of hydrogen-bond acceptors (Lipinski definition) is 0. The first-order valence-corrected chi connectivity index (χ1v) is 10.0. The second-order valence-corrected chi connectivity index (χ2v) is 9.60. The van der Waals surface area contributed by atoms with Gasteiger partial charge in [0, 0.05) is 5.41 Å². The van der Waals surface area contributed by atoms with E-state index in [0.29, 0.717) is 22.2 Å². The van der Waals surface area contributed by atoms with Gasteiger partial charge >= 0.3 is 0 Å². The first kappa shape index (κ1) is 16.4. The van der Waals surface area contributed by atoms with Gasteiger partial charge in [-0.05, 0) is 90.9 Å². The number of aryl methyl sites for hydroxylation is 1. The van der Waals surface area contributed by atoms with E-state index in [4.69, 9.17) is 0 Å². The van der Waals surface area contributed by atoms with Crippen LogP contribution in [0.25, 0.3) is 0 Å². The molecule has 0 saturated heterocycles. The second-order valence-electron chi connectivity index (χ2n) is 9.60. The van der Waals surface area contributed by atoms with Crippen molar-refractivity contribution in [3.63, 3.8) is 0 Å². The molecular weight excluding hydrogens is 288 g/mol. The van der Waals surface area contributed by atoms with E-state index in [1.165, 1.54) is 43.2 Å². The number of rotatable bonds is 1. The van der Waals surface area contributed by atoms with Crippen LogP contribution < -0.4 is 0 Å². The lowest BCUT2D eigenvalue weighted by Gasteiger charge is -2.56. The Labute approximate surface area is 148 Å². The summed E-state index contributed by atoms with van der Waals surface area (Å²) in [5.74, 6) is 1.39. The maximum Gasteiger partial charge on any atom is 0.00831 e. The largest absolute Gasteiger partial charge is 0.0996 e.